The van der Waals surface area contributed by atoms with E-state index in [2.05, 4.69) is 13.8 Å². The molecule has 0 heterocycles. The molecular formula is C11H16O3. The highest BCUT2D eigenvalue weighted by Gasteiger charge is 2.64. The Kier molecular flexibility index (Phi) is 1.70. The van der Waals surface area contributed by atoms with Gasteiger partial charge in [-0.2, -0.15) is 0 Å². The minimum absolute atomic E-state index is 0.0838. The maximum absolute atomic E-state index is 11.9. The van der Waals surface area contributed by atoms with Crippen LogP contribution < -0.4 is 0 Å². The first-order valence-corrected chi connectivity index (χ1v) is 5.07. The lowest BCUT2D eigenvalue weighted by Crippen LogP contribution is -2.40. The van der Waals surface area contributed by atoms with Crippen molar-refractivity contribution in [1.82, 2.24) is 0 Å². The fourth-order valence-electron chi connectivity index (χ4n) is 3.26. The zero-order valence-corrected chi connectivity index (χ0v) is 8.63. The van der Waals surface area contributed by atoms with Crippen molar-refractivity contribution in [2.24, 2.45) is 16.7 Å². The van der Waals surface area contributed by atoms with Gasteiger partial charge in [-0.15, -0.1) is 0 Å². The molecule has 0 amide bonds. The number of hydrogen-bond donors (Lipinski definition) is 0. The van der Waals surface area contributed by atoms with Gasteiger partial charge in [-0.05, 0) is 24.2 Å². The van der Waals surface area contributed by atoms with Gasteiger partial charge in [0.1, 0.15) is 12.4 Å². The largest absolute Gasteiger partial charge is 0.467 e. The average Bonchev–Trinajstić information content (AvgIpc) is 2.47. The van der Waals surface area contributed by atoms with Gasteiger partial charge in [-0.1, -0.05) is 13.8 Å². The van der Waals surface area contributed by atoms with Gasteiger partial charge in [-0.25, -0.2) is 0 Å². The molecule has 2 fully saturated rings. The number of hydrogen-bond acceptors (Lipinski definition) is 3. The van der Waals surface area contributed by atoms with Gasteiger partial charge in [0.15, 0.2) is 1.37 Å². The van der Waals surface area contributed by atoms with Crippen LogP contribution in [0.4, 0.5) is 0 Å². The van der Waals surface area contributed by atoms with E-state index >= 15 is 0 Å². The minimum Gasteiger partial charge on any atom is -0.467 e. The fraction of sp³-hybridized carbons (Fsp3) is 0.818. The number of ether oxygens (including phenoxy) is 1. The van der Waals surface area contributed by atoms with Gasteiger partial charge in [-0.3, -0.25) is 9.59 Å². The van der Waals surface area contributed by atoms with E-state index in [9.17, 15) is 9.59 Å². The molecule has 0 spiro atoms. The molecule has 0 radical (unpaired) electrons. The third-order valence-electron chi connectivity index (χ3n) is 4.52. The van der Waals surface area contributed by atoms with Gasteiger partial charge >= 0.3 is 0 Å². The van der Waals surface area contributed by atoms with Gasteiger partial charge in [0.2, 0.25) is 0 Å². The van der Waals surface area contributed by atoms with Crippen LogP contribution in [0.25, 0.3) is 0 Å². The molecule has 2 unspecified atom stereocenters. The van der Waals surface area contributed by atoms with Crippen molar-refractivity contribution in [3.05, 3.63) is 0 Å². The van der Waals surface area contributed by atoms with E-state index in [0.717, 1.165) is 12.8 Å². The van der Waals surface area contributed by atoms with Crippen LogP contribution in [0.1, 0.15) is 34.5 Å². The molecule has 0 aromatic carbocycles. The average molecular weight is 197 g/mol. The summed E-state index contributed by atoms with van der Waals surface area (Å²) in [7, 11) is 0. The van der Waals surface area contributed by atoms with Crippen molar-refractivity contribution in [2.45, 2.75) is 33.1 Å². The first-order chi connectivity index (χ1) is 6.90. The van der Waals surface area contributed by atoms with Crippen LogP contribution in [0.3, 0.4) is 0 Å². The second kappa shape index (κ2) is 2.81. The summed E-state index contributed by atoms with van der Waals surface area (Å²) in [4.78, 5) is 22.5. The van der Waals surface area contributed by atoms with Crippen LogP contribution in [0.2, 0.25) is 0 Å². The lowest BCUT2D eigenvalue weighted by atomic mass is 9.69. The molecule has 3 heteroatoms. The molecule has 0 aromatic rings. The van der Waals surface area contributed by atoms with Crippen LogP contribution in [-0.2, 0) is 14.3 Å². The number of carbonyl (C=O) groups excluding carboxylic acids is 2. The molecule has 0 aliphatic heterocycles. The monoisotopic (exact) mass is 197 g/mol. The van der Waals surface area contributed by atoms with Gasteiger partial charge in [0.25, 0.3) is 6.45 Å². The summed E-state index contributed by atoms with van der Waals surface area (Å²) < 4.78 is 11.5. The van der Waals surface area contributed by atoms with E-state index in [-0.39, 0.29) is 17.8 Å². The molecule has 2 saturated carbocycles. The summed E-state index contributed by atoms with van der Waals surface area (Å²) in [6.07, 6.45) is 1.41. The molecular weight excluding hydrogens is 180 g/mol. The van der Waals surface area contributed by atoms with Crippen LogP contribution >= 0.6 is 0 Å². The second-order valence-electron chi connectivity index (χ2n) is 5.04. The van der Waals surface area contributed by atoms with E-state index in [1.165, 1.54) is 0 Å². The van der Waals surface area contributed by atoms with Crippen molar-refractivity contribution < 1.29 is 15.7 Å². The van der Waals surface area contributed by atoms with Gasteiger partial charge in [0, 0.05) is 6.42 Å². The van der Waals surface area contributed by atoms with Gasteiger partial charge < -0.3 is 4.74 Å². The fourth-order valence-corrected chi connectivity index (χ4v) is 3.26. The Balaban J connectivity index is 2.24. The van der Waals surface area contributed by atoms with E-state index < -0.39 is 11.9 Å². The minimum atomic E-state index is -1.04. The third kappa shape index (κ3) is 0.928. The standard InChI is InChI=1S/C11H16O3/c1-10(2)8-3-4-11(10,6-14-7-12)9(13)5-8/h7-8H,3-6H2,1-2H3/i7D. The summed E-state index contributed by atoms with van der Waals surface area (Å²) in [5.74, 6) is 0.638. The van der Waals surface area contributed by atoms with E-state index in [0.29, 0.717) is 12.3 Å². The molecule has 0 saturated heterocycles. The third-order valence-corrected chi connectivity index (χ3v) is 4.52. The van der Waals surface area contributed by atoms with Crippen molar-refractivity contribution in [2.75, 3.05) is 6.61 Å². The van der Waals surface area contributed by atoms with E-state index in [1.807, 2.05) is 0 Å². The summed E-state index contributed by atoms with van der Waals surface area (Å²) in [6, 6.07) is 0. The molecule has 2 bridgehead atoms. The number of Topliss-reactive ketones (excluding diaryl/α,β-unsaturated/α-hetero) is 1. The summed E-state index contributed by atoms with van der Waals surface area (Å²) in [5.41, 5.74) is -0.589. The van der Waals surface area contributed by atoms with E-state index in [4.69, 9.17) is 6.11 Å². The molecule has 2 atom stereocenters. The molecule has 2 aliphatic rings. The molecule has 2 aliphatic carbocycles. The lowest BCUT2D eigenvalue weighted by molar-refractivity contribution is -0.141. The van der Waals surface area contributed by atoms with Crippen molar-refractivity contribution >= 4 is 12.2 Å². The Morgan fingerprint density at radius 3 is 2.86 bits per heavy atom. The molecule has 2 rings (SSSR count). The van der Waals surface area contributed by atoms with Crippen LogP contribution in [0, 0.1) is 16.7 Å². The Morgan fingerprint density at radius 2 is 2.43 bits per heavy atom. The molecule has 0 N–H and O–H groups in total. The highest BCUT2D eigenvalue weighted by atomic mass is 16.5. The second-order valence-corrected chi connectivity index (χ2v) is 5.04. The van der Waals surface area contributed by atoms with Crippen LogP contribution in [0.15, 0.2) is 0 Å². The zero-order valence-electron chi connectivity index (χ0n) is 9.63. The molecule has 14 heavy (non-hydrogen) atoms. The van der Waals surface area contributed by atoms with Crippen molar-refractivity contribution in [3.63, 3.8) is 0 Å². The number of carbonyl (C=O) groups is 2. The lowest BCUT2D eigenvalue weighted by Gasteiger charge is -2.35. The predicted molar refractivity (Wildman–Crippen MR) is 50.6 cm³/mol. The predicted octanol–water partition coefficient (Wildman–Crippen LogP) is 1.55. The number of rotatable bonds is 2. The van der Waals surface area contributed by atoms with Crippen molar-refractivity contribution in [3.8, 4) is 0 Å². The number of ketones is 1. The Labute approximate surface area is 85.2 Å². The van der Waals surface area contributed by atoms with Crippen LogP contribution in [-0.4, -0.2) is 18.8 Å². The van der Waals surface area contributed by atoms with Gasteiger partial charge in [0.05, 0.1) is 5.41 Å². The summed E-state index contributed by atoms with van der Waals surface area (Å²) >= 11 is 0. The van der Waals surface area contributed by atoms with Crippen LogP contribution in [0.5, 0.6) is 0 Å². The number of fused-ring (bicyclic) bond motifs is 2. The maximum atomic E-state index is 11.9. The highest BCUT2D eigenvalue weighted by Crippen LogP contribution is 2.63. The Morgan fingerprint density at radius 1 is 1.71 bits per heavy atom. The first kappa shape index (κ1) is 8.45. The highest BCUT2D eigenvalue weighted by molar-refractivity contribution is 5.90. The topological polar surface area (TPSA) is 43.4 Å². The molecule has 0 aromatic heterocycles. The molecule has 3 nitrogen and oxygen atoms in total. The maximum Gasteiger partial charge on any atom is 0.293 e. The Hall–Kier alpha value is -0.860. The quantitative estimate of drug-likeness (QED) is 0.631. The van der Waals surface area contributed by atoms with E-state index in [1.54, 1.807) is 0 Å². The SMILES string of the molecule is [2H]C(=O)OCC12CCC(CC1=O)C2(C)C. The smallest absolute Gasteiger partial charge is 0.293 e. The Bertz CT molecular complexity index is 324. The zero-order chi connectivity index (χ0) is 11.3. The first-order valence-electron chi connectivity index (χ1n) is 5.57. The molecule has 78 valence electrons. The summed E-state index contributed by atoms with van der Waals surface area (Å²) in [6.45, 7) is 4.25. The van der Waals surface area contributed by atoms with Crippen molar-refractivity contribution in [1.29, 1.82) is 0 Å². The normalized spacial score (nSPS) is 39.7. The summed E-state index contributed by atoms with van der Waals surface area (Å²) in [5, 5.41) is 0.